The zero-order chi connectivity index (χ0) is 10.8. The molecule has 0 saturated heterocycles. The Morgan fingerprint density at radius 3 is 2.33 bits per heavy atom. The molecule has 0 unspecified atom stereocenters. The molecule has 0 aliphatic carbocycles. The number of aryl methyl sites for hydroxylation is 1. The summed E-state index contributed by atoms with van der Waals surface area (Å²) >= 11 is 5.97. The molecule has 2 heteroatoms. The SMILES string of the molecule is [B]c1ccc(-c2cc(Cl)ccc2C)cc1. The van der Waals surface area contributed by atoms with Crippen LogP contribution in [0.1, 0.15) is 5.56 Å². The standard InChI is InChI=1S/C13H10BCl/c1-9-2-7-12(15)8-13(9)10-3-5-11(14)6-4-10/h2-8H,1H3. The molecular weight excluding hydrogens is 202 g/mol. The molecule has 0 heterocycles. The predicted molar refractivity (Wildman–Crippen MR) is 67.0 cm³/mol. The number of benzene rings is 2. The highest BCUT2D eigenvalue weighted by molar-refractivity contribution is 6.32. The fourth-order valence-corrected chi connectivity index (χ4v) is 1.74. The summed E-state index contributed by atoms with van der Waals surface area (Å²) in [7, 11) is 5.65. The van der Waals surface area contributed by atoms with E-state index in [9.17, 15) is 0 Å². The molecule has 0 spiro atoms. The second-order valence-electron chi connectivity index (χ2n) is 3.58. The number of rotatable bonds is 1. The Hall–Kier alpha value is -1.21. The van der Waals surface area contributed by atoms with Crippen LogP contribution in [0.3, 0.4) is 0 Å². The minimum Gasteiger partial charge on any atom is -0.0966 e. The highest BCUT2D eigenvalue weighted by Crippen LogP contribution is 2.25. The fraction of sp³-hybridized carbons (Fsp3) is 0.0769. The molecule has 72 valence electrons. The summed E-state index contributed by atoms with van der Waals surface area (Å²) in [5.41, 5.74) is 4.29. The Morgan fingerprint density at radius 1 is 1.00 bits per heavy atom. The zero-order valence-corrected chi connectivity index (χ0v) is 9.25. The molecule has 2 aromatic carbocycles. The van der Waals surface area contributed by atoms with Crippen molar-refractivity contribution in [2.45, 2.75) is 6.92 Å². The van der Waals surface area contributed by atoms with Gasteiger partial charge in [-0.1, -0.05) is 47.4 Å². The molecule has 2 radical (unpaired) electrons. The maximum atomic E-state index is 5.97. The first-order valence-corrected chi connectivity index (χ1v) is 5.17. The van der Waals surface area contributed by atoms with Gasteiger partial charge in [0, 0.05) is 5.02 Å². The Balaban J connectivity index is 2.53. The van der Waals surface area contributed by atoms with E-state index in [0.717, 1.165) is 21.6 Å². The second-order valence-corrected chi connectivity index (χ2v) is 4.02. The molecule has 0 N–H and O–H groups in total. The van der Waals surface area contributed by atoms with E-state index in [0.29, 0.717) is 0 Å². The average Bonchev–Trinajstić information content (AvgIpc) is 2.23. The van der Waals surface area contributed by atoms with Gasteiger partial charge in [0.25, 0.3) is 0 Å². The van der Waals surface area contributed by atoms with E-state index in [1.54, 1.807) is 0 Å². The van der Waals surface area contributed by atoms with Crippen LogP contribution in [0.5, 0.6) is 0 Å². The third-order valence-corrected chi connectivity index (χ3v) is 2.66. The van der Waals surface area contributed by atoms with Gasteiger partial charge >= 0.3 is 0 Å². The van der Waals surface area contributed by atoms with Crippen molar-refractivity contribution in [1.82, 2.24) is 0 Å². The summed E-state index contributed by atoms with van der Waals surface area (Å²) in [6.07, 6.45) is 0. The molecule has 0 aliphatic heterocycles. The van der Waals surface area contributed by atoms with Gasteiger partial charge in [0.05, 0.1) is 0 Å². The van der Waals surface area contributed by atoms with Crippen molar-refractivity contribution in [2.75, 3.05) is 0 Å². The van der Waals surface area contributed by atoms with Crippen LogP contribution < -0.4 is 5.46 Å². The van der Waals surface area contributed by atoms with Crippen molar-refractivity contribution in [3.05, 3.63) is 53.1 Å². The van der Waals surface area contributed by atoms with Crippen LogP contribution in [0.25, 0.3) is 11.1 Å². The van der Waals surface area contributed by atoms with Crippen molar-refractivity contribution >= 4 is 24.9 Å². The summed E-state index contributed by atoms with van der Waals surface area (Å²) < 4.78 is 0. The predicted octanol–water partition coefficient (Wildman–Crippen LogP) is 3.11. The monoisotopic (exact) mass is 212 g/mol. The van der Waals surface area contributed by atoms with E-state index >= 15 is 0 Å². The van der Waals surface area contributed by atoms with Gasteiger partial charge < -0.3 is 0 Å². The van der Waals surface area contributed by atoms with Gasteiger partial charge in [-0.05, 0) is 35.7 Å². The van der Waals surface area contributed by atoms with E-state index in [2.05, 4.69) is 6.92 Å². The Bertz CT molecular complexity index is 474. The largest absolute Gasteiger partial charge is 0.113 e. The Kier molecular flexibility index (Phi) is 2.83. The van der Waals surface area contributed by atoms with Crippen molar-refractivity contribution < 1.29 is 0 Å². The molecule has 2 aromatic rings. The van der Waals surface area contributed by atoms with Crippen LogP contribution in [0.4, 0.5) is 0 Å². The van der Waals surface area contributed by atoms with Gasteiger partial charge in [-0.25, -0.2) is 0 Å². The van der Waals surface area contributed by atoms with Crippen LogP contribution in [0.2, 0.25) is 5.02 Å². The lowest BCUT2D eigenvalue weighted by Crippen LogP contribution is -1.99. The zero-order valence-electron chi connectivity index (χ0n) is 8.50. The minimum atomic E-state index is 0.757. The third kappa shape index (κ3) is 2.24. The minimum absolute atomic E-state index is 0.757. The van der Waals surface area contributed by atoms with E-state index in [4.69, 9.17) is 19.4 Å². The van der Waals surface area contributed by atoms with Gasteiger partial charge in [-0.15, -0.1) is 0 Å². The number of hydrogen-bond acceptors (Lipinski definition) is 0. The van der Waals surface area contributed by atoms with E-state index in [1.165, 1.54) is 5.56 Å². The molecule has 2 rings (SSSR count). The van der Waals surface area contributed by atoms with Crippen molar-refractivity contribution in [1.29, 1.82) is 0 Å². The molecule has 0 bridgehead atoms. The van der Waals surface area contributed by atoms with E-state index < -0.39 is 0 Å². The lowest BCUT2D eigenvalue weighted by atomic mass is 9.92. The molecule has 0 atom stereocenters. The lowest BCUT2D eigenvalue weighted by Gasteiger charge is -2.06. The molecule has 0 aromatic heterocycles. The van der Waals surface area contributed by atoms with Gasteiger partial charge in [0.1, 0.15) is 7.85 Å². The van der Waals surface area contributed by atoms with Crippen LogP contribution >= 0.6 is 11.6 Å². The van der Waals surface area contributed by atoms with Crippen LogP contribution in [-0.2, 0) is 0 Å². The van der Waals surface area contributed by atoms with Crippen molar-refractivity contribution in [3.63, 3.8) is 0 Å². The first-order chi connectivity index (χ1) is 7.16. The van der Waals surface area contributed by atoms with Gasteiger partial charge in [0.2, 0.25) is 0 Å². The fourth-order valence-electron chi connectivity index (χ4n) is 1.57. The summed E-state index contributed by atoms with van der Waals surface area (Å²) in [4.78, 5) is 0. The summed E-state index contributed by atoms with van der Waals surface area (Å²) in [6, 6.07) is 13.7. The smallest absolute Gasteiger partial charge is 0.0966 e. The number of hydrogen-bond donors (Lipinski definition) is 0. The lowest BCUT2D eigenvalue weighted by molar-refractivity contribution is 1.46. The maximum Gasteiger partial charge on any atom is 0.113 e. The molecule has 0 amide bonds. The van der Waals surface area contributed by atoms with Crippen LogP contribution in [0, 0.1) is 6.92 Å². The van der Waals surface area contributed by atoms with Crippen LogP contribution in [0.15, 0.2) is 42.5 Å². The molecule has 0 fully saturated rings. The Labute approximate surface area is 96.3 Å². The third-order valence-electron chi connectivity index (χ3n) is 2.42. The van der Waals surface area contributed by atoms with Gasteiger partial charge in [0.15, 0.2) is 0 Å². The quantitative estimate of drug-likeness (QED) is 0.637. The summed E-state index contributed by atoms with van der Waals surface area (Å²) in [5.74, 6) is 0. The average molecular weight is 212 g/mol. The topological polar surface area (TPSA) is 0 Å². The normalized spacial score (nSPS) is 10.3. The maximum absolute atomic E-state index is 5.97. The first kappa shape index (κ1) is 10.3. The first-order valence-electron chi connectivity index (χ1n) is 4.79. The molecule has 0 saturated carbocycles. The van der Waals surface area contributed by atoms with Crippen molar-refractivity contribution in [2.24, 2.45) is 0 Å². The summed E-state index contributed by atoms with van der Waals surface area (Å²) in [5, 5.41) is 0.757. The Morgan fingerprint density at radius 2 is 1.67 bits per heavy atom. The summed E-state index contributed by atoms with van der Waals surface area (Å²) in [6.45, 7) is 2.07. The molecule has 0 aliphatic rings. The highest BCUT2D eigenvalue weighted by atomic mass is 35.5. The second kappa shape index (κ2) is 4.12. The van der Waals surface area contributed by atoms with E-state index in [1.807, 2.05) is 42.5 Å². The highest BCUT2D eigenvalue weighted by Gasteiger charge is 2.01. The molecule has 15 heavy (non-hydrogen) atoms. The van der Waals surface area contributed by atoms with Crippen molar-refractivity contribution in [3.8, 4) is 11.1 Å². The van der Waals surface area contributed by atoms with Gasteiger partial charge in [-0.3, -0.25) is 0 Å². The number of halogens is 1. The van der Waals surface area contributed by atoms with Crippen LogP contribution in [-0.4, -0.2) is 7.85 Å². The molecular formula is C13H10BCl. The van der Waals surface area contributed by atoms with Gasteiger partial charge in [-0.2, -0.15) is 0 Å². The van der Waals surface area contributed by atoms with E-state index in [-0.39, 0.29) is 0 Å². The molecule has 0 nitrogen and oxygen atoms in total.